The predicted molar refractivity (Wildman–Crippen MR) is 41.1 cm³/mol. The van der Waals surface area contributed by atoms with E-state index in [1.54, 1.807) is 24.7 Å². The fraction of sp³-hybridized carbons (Fsp3) is 0. The molecule has 6 heteroatoms. The Balaban J connectivity index is 2.15. The third kappa shape index (κ3) is 1.36. The molecule has 6 nitrogen and oxygen atoms in total. The third-order valence-electron chi connectivity index (χ3n) is 1.24. The van der Waals surface area contributed by atoms with Gasteiger partial charge in [-0.05, 0) is 11.3 Å². The number of hydrogen-bond donors (Lipinski definition) is 1. The number of nitrogens with zero attached hydrogens (tertiary/aromatic N) is 5. The maximum absolute atomic E-state index is 3.93. The quantitative estimate of drug-likeness (QED) is 0.670. The highest BCUT2D eigenvalue weighted by molar-refractivity contribution is 5.29. The molecule has 0 aliphatic rings. The van der Waals surface area contributed by atoms with Gasteiger partial charge in [-0.3, -0.25) is 5.43 Å². The Morgan fingerprint density at radius 1 is 1.33 bits per heavy atom. The topological polar surface area (TPSA) is 68.5 Å². The van der Waals surface area contributed by atoms with Gasteiger partial charge >= 0.3 is 0 Å². The van der Waals surface area contributed by atoms with Crippen molar-refractivity contribution in [1.29, 1.82) is 0 Å². The van der Waals surface area contributed by atoms with E-state index >= 15 is 0 Å². The van der Waals surface area contributed by atoms with Gasteiger partial charge < -0.3 is 0 Å². The molecule has 2 aromatic heterocycles. The fourth-order valence-electron chi connectivity index (χ4n) is 0.753. The highest BCUT2D eigenvalue weighted by Gasteiger charge is 1.91. The average Bonchev–Trinajstić information content (AvgIpc) is 2.59. The second-order valence-corrected chi connectivity index (χ2v) is 2.07. The average molecular weight is 162 g/mol. The van der Waals surface area contributed by atoms with Crippen molar-refractivity contribution in [3.05, 3.63) is 30.7 Å². The first kappa shape index (κ1) is 6.71. The molecule has 2 rings (SSSR count). The molecule has 0 amide bonds. The molecule has 0 aromatic carbocycles. The van der Waals surface area contributed by atoms with Crippen LogP contribution in [0.15, 0.2) is 30.7 Å². The smallest absolute Gasteiger partial charge is 0.172 e. The Hall–Kier alpha value is -1.98. The van der Waals surface area contributed by atoms with E-state index < -0.39 is 0 Å². The molecule has 0 saturated heterocycles. The molecule has 0 bridgehead atoms. The van der Waals surface area contributed by atoms with Crippen LogP contribution in [0.25, 0.3) is 0 Å². The van der Waals surface area contributed by atoms with Crippen LogP contribution in [-0.2, 0) is 0 Å². The van der Waals surface area contributed by atoms with Gasteiger partial charge in [0.25, 0.3) is 0 Å². The van der Waals surface area contributed by atoms with Gasteiger partial charge in [0.1, 0.15) is 0 Å². The van der Waals surface area contributed by atoms with Crippen LogP contribution in [0.2, 0.25) is 0 Å². The van der Waals surface area contributed by atoms with E-state index in [2.05, 4.69) is 25.9 Å². The van der Waals surface area contributed by atoms with Crippen molar-refractivity contribution < 1.29 is 0 Å². The van der Waals surface area contributed by atoms with Crippen LogP contribution >= 0.6 is 0 Å². The molecule has 0 saturated carbocycles. The van der Waals surface area contributed by atoms with Crippen LogP contribution in [0, 0.1) is 0 Å². The summed E-state index contributed by atoms with van der Waals surface area (Å²) in [5.74, 6) is 0.605. The number of aromatic nitrogens is 5. The number of nitrogens with one attached hydrogen (secondary N) is 1. The molecule has 0 unspecified atom stereocenters. The normalized spacial score (nSPS) is 9.67. The zero-order valence-electron chi connectivity index (χ0n) is 6.12. The van der Waals surface area contributed by atoms with Gasteiger partial charge in [0, 0.05) is 12.3 Å². The molecule has 2 heterocycles. The monoisotopic (exact) mass is 162 g/mol. The summed E-state index contributed by atoms with van der Waals surface area (Å²) in [7, 11) is 0. The van der Waals surface area contributed by atoms with Gasteiger partial charge in [-0.15, -0.1) is 10.2 Å². The summed E-state index contributed by atoms with van der Waals surface area (Å²) in [6.07, 6.45) is 4.99. The maximum Gasteiger partial charge on any atom is 0.172 e. The van der Waals surface area contributed by atoms with Crippen LogP contribution in [0.1, 0.15) is 0 Å². The van der Waals surface area contributed by atoms with Crippen molar-refractivity contribution in [3.8, 4) is 0 Å². The predicted octanol–water partition coefficient (Wildman–Crippen LogP) is -0.0567. The summed E-state index contributed by atoms with van der Waals surface area (Å²) in [5, 5.41) is 14.7. The molecule has 1 N–H and O–H groups in total. The van der Waals surface area contributed by atoms with E-state index in [-0.39, 0.29) is 0 Å². The Morgan fingerprint density at radius 2 is 2.33 bits per heavy atom. The highest BCUT2D eigenvalue weighted by atomic mass is 15.6. The van der Waals surface area contributed by atoms with Crippen LogP contribution < -0.4 is 5.43 Å². The molecule has 0 aliphatic heterocycles. The van der Waals surface area contributed by atoms with Crippen LogP contribution in [0.5, 0.6) is 0 Å². The Bertz CT molecular complexity index is 328. The lowest BCUT2D eigenvalue weighted by molar-refractivity contribution is 0.773. The summed E-state index contributed by atoms with van der Waals surface area (Å²) >= 11 is 0. The van der Waals surface area contributed by atoms with Gasteiger partial charge in [-0.25, -0.2) is 0 Å². The van der Waals surface area contributed by atoms with Gasteiger partial charge in [-0.2, -0.15) is 9.89 Å². The van der Waals surface area contributed by atoms with Crippen molar-refractivity contribution in [1.82, 2.24) is 25.3 Å². The minimum atomic E-state index is 0.605. The van der Waals surface area contributed by atoms with E-state index in [1.807, 2.05) is 6.07 Å². The Morgan fingerprint density at radius 3 is 3.00 bits per heavy atom. The lowest BCUT2D eigenvalue weighted by Crippen LogP contribution is -2.10. The first-order valence-corrected chi connectivity index (χ1v) is 3.36. The van der Waals surface area contributed by atoms with Gasteiger partial charge in [0.15, 0.2) is 5.82 Å². The zero-order valence-corrected chi connectivity index (χ0v) is 6.12. The first-order valence-electron chi connectivity index (χ1n) is 3.36. The van der Waals surface area contributed by atoms with Crippen molar-refractivity contribution in [2.75, 3.05) is 5.43 Å². The van der Waals surface area contributed by atoms with E-state index in [9.17, 15) is 0 Å². The lowest BCUT2D eigenvalue weighted by atomic mass is 10.6. The van der Waals surface area contributed by atoms with Crippen LogP contribution in [0.4, 0.5) is 5.82 Å². The second-order valence-electron chi connectivity index (χ2n) is 2.07. The molecule has 0 atom stereocenters. The van der Waals surface area contributed by atoms with E-state index in [0.29, 0.717) is 5.82 Å². The van der Waals surface area contributed by atoms with Crippen molar-refractivity contribution in [3.63, 3.8) is 0 Å². The Kier molecular flexibility index (Phi) is 1.65. The fourth-order valence-corrected chi connectivity index (χ4v) is 0.753. The van der Waals surface area contributed by atoms with E-state index in [0.717, 1.165) is 0 Å². The molecule has 0 aliphatic carbocycles. The largest absolute Gasteiger partial charge is 0.260 e. The minimum Gasteiger partial charge on any atom is -0.260 e. The molecule has 2 aromatic rings. The molecular formula is C6H6N6. The standard InChI is InChI=1S/C6H6N6/c1-3-8-12(5-1)10-6-2-4-7-11-9-6/h1-5H,(H,7,9,10). The minimum absolute atomic E-state index is 0.605. The molecule has 0 fully saturated rings. The molecule has 60 valence electrons. The second kappa shape index (κ2) is 2.95. The number of anilines is 1. The van der Waals surface area contributed by atoms with Crippen molar-refractivity contribution >= 4 is 5.82 Å². The first-order chi connectivity index (χ1) is 5.95. The summed E-state index contributed by atoms with van der Waals surface area (Å²) in [4.78, 5) is 1.53. The van der Waals surface area contributed by atoms with E-state index in [1.165, 1.54) is 4.79 Å². The molecular weight excluding hydrogens is 156 g/mol. The van der Waals surface area contributed by atoms with Crippen LogP contribution in [0.3, 0.4) is 0 Å². The van der Waals surface area contributed by atoms with Crippen LogP contribution in [-0.4, -0.2) is 25.3 Å². The summed E-state index contributed by atoms with van der Waals surface area (Å²) < 4.78 is 0. The summed E-state index contributed by atoms with van der Waals surface area (Å²) in [6, 6.07) is 3.51. The van der Waals surface area contributed by atoms with Gasteiger partial charge in [0.2, 0.25) is 0 Å². The van der Waals surface area contributed by atoms with E-state index in [4.69, 9.17) is 0 Å². The highest BCUT2D eigenvalue weighted by Crippen LogP contribution is 1.95. The third-order valence-corrected chi connectivity index (χ3v) is 1.24. The van der Waals surface area contributed by atoms with Gasteiger partial charge in [0.05, 0.1) is 12.4 Å². The summed E-state index contributed by atoms with van der Waals surface area (Å²) in [5.41, 5.74) is 2.88. The molecule has 12 heavy (non-hydrogen) atoms. The number of hydrogen-bond acceptors (Lipinski definition) is 5. The number of rotatable bonds is 2. The van der Waals surface area contributed by atoms with Crippen molar-refractivity contribution in [2.24, 2.45) is 0 Å². The zero-order chi connectivity index (χ0) is 8.23. The SMILES string of the molecule is c1cnn(Nc2ccnnn2)c1. The summed E-state index contributed by atoms with van der Waals surface area (Å²) in [6.45, 7) is 0. The lowest BCUT2D eigenvalue weighted by Gasteiger charge is -2.01. The molecule has 0 spiro atoms. The Labute approximate surface area is 68.2 Å². The van der Waals surface area contributed by atoms with Gasteiger partial charge in [-0.1, -0.05) is 0 Å². The molecule has 0 radical (unpaired) electrons. The van der Waals surface area contributed by atoms with Crippen molar-refractivity contribution in [2.45, 2.75) is 0 Å². The maximum atomic E-state index is 3.93.